The number of anilines is 2. The standard InChI is InChI=1S/C21H23N7O2S/c1-13(30)22-15-4-6-17(7-5-15)31-27-10-20-23-16(12-29)9-28(20)21(11-27)24-19-8-18(25-26-19)14-2-3-14/h4-9,11,14,29H,2-3,10,12H2,1H3,(H,22,30)(H2,24,25,26)/p+1. The molecule has 1 unspecified atom stereocenters. The van der Waals surface area contributed by atoms with Crippen LogP contribution >= 0.6 is 11.9 Å². The molecule has 10 heteroatoms. The molecule has 31 heavy (non-hydrogen) atoms. The smallest absolute Gasteiger partial charge is 0.233 e. The first-order valence-electron chi connectivity index (χ1n) is 10.2. The Kier molecular flexibility index (Phi) is 5.26. The van der Waals surface area contributed by atoms with Crippen LogP contribution in [0.4, 0.5) is 11.5 Å². The second kappa shape index (κ2) is 8.22. The van der Waals surface area contributed by atoms with Crippen LogP contribution < -0.4 is 15.5 Å². The topological polar surface area (TPSA) is 110 Å². The molecule has 1 fully saturated rings. The van der Waals surface area contributed by atoms with Crippen LogP contribution in [0.25, 0.3) is 0 Å². The Labute approximate surface area is 184 Å². The summed E-state index contributed by atoms with van der Waals surface area (Å²) in [4.78, 5) is 17.8. The molecule has 5 rings (SSSR count). The number of hydrogen-bond acceptors (Lipinski definition) is 7. The van der Waals surface area contributed by atoms with Gasteiger partial charge in [-0.15, -0.1) is 0 Å². The lowest BCUT2D eigenvalue weighted by atomic mass is 10.3. The van der Waals surface area contributed by atoms with Crippen molar-refractivity contribution < 1.29 is 14.8 Å². The van der Waals surface area contributed by atoms with Crippen molar-refractivity contribution in [2.45, 2.75) is 30.6 Å². The van der Waals surface area contributed by atoms with Crippen molar-refractivity contribution >= 4 is 35.2 Å². The van der Waals surface area contributed by atoms with Crippen LogP contribution in [0, 0.1) is 0 Å². The Balaban J connectivity index is 1.35. The molecule has 1 amide bonds. The van der Waals surface area contributed by atoms with E-state index in [0.29, 0.717) is 18.2 Å². The number of quaternary nitrogens is 1. The lowest BCUT2D eigenvalue weighted by molar-refractivity contribution is -0.700. The quantitative estimate of drug-likeness (QED) is 0.420. The predicted octanol–water partition coefficient (Wildman–Crippen LogP) is 1.61. The van der Waals surface area contributed by atoms with Crippen molar-refractivity contribution in [2.75, 3.05) is 23.8 Å². The van der Waals surface area contributed by atoms with Gasteiger partial charge in [-0.25, -0.2) is 4.90 Å². The molecule has 1 aromatic carbocycles. The van der Waals surface area contributed by atoms with Gasteiger partial charge in [-0.3, -0.25) is 19.5 Å². The highest BCUT2D eigenvalue weighted by Crippen LogP contribution is 2.39. The number of nitrogens with zero attached hydrogens (tertiary/aromatic N) is 3. The SMILES string of the molecule is CC(=O)Nc1ccc(SN2C=C(Nc3cc(C4CC4)[nH]n3)[NH+]3C=C(CO)N=C3C2)cc1. The van der Waals surface area contributed by atoms with E-state index in [1.54, 1.807) is 11.9 Å². The summed E-state index contributed by atoms with van der Waals surface area (Å²) in [5.41, 5.74) is 2.59. The van der Waals surface area contributed by atoms with Crippen molar-refractivity contribution in [1.29, 1.82) is 0 Å². The third-order valence-electron chi connectivity index (χ3n) is 5.21. The first-order chi connectivity index (χ1) is 15.1. The summed E-state index contributed by atoms with van der Waals surface area (Å²) in [6, 6.07) is 9.78. The van der Waals surface area contributed by atoms with Gasteiger partial charge in [-0.1, -0.05) is 0 Å². The normalized spacial score (nSPS) is 20.0. The summed E-state index contributed by atoms with van der Waals surface area (Å²) in [7, 11) is 0. The van der Waals surface area contributed by atoms with Crippen molar-refractivity contribution in [3.05, 3.63) is 59.9 Å². The number of aliphatic imine (C=N–C) groups is 1. The monoisotopic (exact) mass is 438 g/mol. The number of H-pyrrole nitrogens is 1. The van der Waals surface area contributed by atoms with Gasteiger partial charge in [0.15, 0.2) is 5.82 Å². The van der Waals surface area contributed by atoms with E-state index in [0.717, 1.165) is 33.0 Å². The lowest BCUT2D eigenvalue weighted by Crippen LogP contribution is -3.10. The van der Waals surface area contributed by atoms with Crippen LogP contribution in [-0.2, 0) is 4.79 Å². The fraction of sp³-hybridized carbons (Fsp3) is 0.286. The third kappa shape index (κ3) is 4.50. The number of rotatable bonds is 7. The number of aromatic nitrogens is 2. The molecule has 1 aliphatic carbocycles. The van der Waals surface area contributed by atoms with Crippen molar-refractivity contribution in [1.82, 2.24) is 14.5 Å². The second-order valence-electron chi connectivity index (χ2n) is 7.79. The van der Waals surface area contributed by atoms with E-state index in [1.807, 2.05) is 36.7 Å². The molecule has 1 atom stereocenters. The molecule has 1 saturated carbocycles. The van der Waals surface area contributed by atoms with Crippen molar-refractivity contribution in [2.24, 2.45) is 4.99 Å². The molecule has 1 aromatic heterocycles. The Morgan fingerprint density at radius 2 is 2.16 bits per heavy atom. The number of aliphatic hydroxyl groups excluding tert-OH is 1. The summed E-state index contributed by atoms with van der Waals surface area (Å²) in [5.74, 6) is 3.09. The number of carbonyl (C=O) groups is 1. The van der Waals surface area contributed by atoms with Crippen molar-refractivity contribution in [3.8, 4) is 0 Å². The van der Waals surface area contributed by atoms with Gasteiger partial charge < -0.3 is 10.4 Å². The maximum Gasteiger partial charge on any atom is 0.233 e. The van der Waals surface area contributed by atoms with E-state index in [-0.39, 0.29) is 12.5 Å². The van der Waals surface area contributed by atoms with E-state index in [1.165, 1.54) is 25.5 Å². The maximum absolute atomic E-state index is 11.2. The Hall–Kier alpha value is -3.08. The molecule has 0 bridgehead atoms. The van der Waals surface area contributed by atoms with Crippen LogP contribution in [0.1, 0.15) is 31.4 Å². The number of benzene rings is 1. The van der Waals surface area contributed by atoms with Gasteiger partial charge in [0.25, 0.3) is 0 Å². The molecule has 0 saturated heterocycles. The van der Waals surface area contributed by atoms with Gasteiger partial charge in [-0.2, -0.15) is 10.1 Å². The summed E-state index contributed by atoms with van der Waals surface area (Å²) in [5, 5.41) is 23.3. The summed E-state index contributed by atoms with van der Waals surface area (Å²) in [6.07, 6.45) is 6.40. The van der Waals surface area contributed by atoms with E-state index >= 15 is 0 Å². The second-order valence-corrected chi connectivity index (χ2v) is 8.91. The fourth-order valence-electron chi connectivity index (χ4n) is 3.60. The van der Waals surface area contributed by atoms with E-state index < -0.39 is 0 Å². The Morgan fingerprint density at radius 3 is 2.87 bits per heavy atom. The van der Waals surface area contributed by atoms with Gasteiger partial charge in [0.2, 0.25) is 17.6 Å². The number of amidine groups is 1. The molecule has 2 aromatic rings. The van der Waals surface area contributed by atoms with Gasteiger partial charge in [0, 0.05) is 35.2 Å². The largest absolute Gasteiger partial charge is 0.390 e. The number of carbonyl (C=O) groups excluding carboxylic acids is 1. The van der Waals surface area contributed by atoms with Crippen LogP contribution in [0.3, 0.4) is 0 Å². The van der Waals surface area contributed by atoms with Crippen LogP contribution in [0.2, 0.25) is 0 Å². The van der Waals surface area contributed by atoms with Gasteiger partial charge in [0.05, 0.1) is 12.8 Å². The first-order valence-corrected chi connectivity index (χ1v) is 11.0. The number of aliphatic hydroxyl groups is 1. The van der Waals surface area contributed by atoms with E-state index in [9.17, 15) is 9.90 Å². The summed E-state index contributed by atoms with van der Waals surface area (Å²) < 4.78 is 2.10. The van der Waals surface area contributed by atoms with Gasteiger partial charge in [-0.05, 0) is 49.1 Å². The highest BCUT2D eigenvalue weighted by molar-refractivity contribution is 7.97. The molecule has 0 radical (unpaired) electrons. The molecule has 5 N–H and O–H groups in total. The van der Waals surface area contributed by atoms with E-state index in [2.05, 4.69) is 36.2 Å². The first kappa shape index (κ1) is 19.9. The number of aromatic amines is 1. The highest BCUT2D eigenvalue weighted by Gasteiger charge is 2.34. The summed E-state index contributed by atoms with van der Waals surface area (Å²) >= 11 is 1.58. The molecule has 3 aliphatic rings. The predicted molar refractivity (Wildman–Crippen MR) is 119 cm³/mol. The fourth-order valence-corrected chi connectivity index (χ4v) is 4.47. The lowest BCUT2D eigenvalue weighted by Gasteiger charge is -2.27. The number of nitrogens with one attached hydrogen (secondary N) is 4. The van der Waals surface area contributed by atoms with Crippen LogP contribution in [-0.4, -0.2) is 44.5 Å². The third-order valence-corrected chi connectivity index (χ3v) is 6.16. The van der Waals surface area contributed by atoms with Gasteiger partial charge >= 0.3 is 0 Å². The molecular formula is C21H24N7O2S+. The minimum absolute atomic E-state index is 0.0900. The van der Waals surface area contributed by atoms with Crippen molar-refractivity contribution in [3.63, 3.8) is 0 Å². The van der Waals surface area contributed by atoms with E-state index in [4.69, 9.17) is 0 Å². The average molecular weight is 439 g/mol. The van der Waals surface area contributed by atoms with Crippen LogP contribution in [0.15, 0.2) is 64.1 Å². The number of amides is 1. The number of fused-ring (bicyclic) bond motifs is 1. The highest BCUT2D eigenvalue weighted by atomic mass is 32.2. The Bertz CT molecular complexity index is 1090. The minimum Gasteiger partial charge on any atom is -0.390 e. The summed E-state index contributed by atoms with van der Waals surface area (Å²) in [6.45, 7) is 2.02. The molecule has 2 aliphatic heterocycles. The van der Waals surface area contributed by atoms with Crippen LogP contribution in [0.5, 0.6) is 0 Å². The Morgan fingerprint density at radius 1 is 1.35 bits per heavy atom. The molecule has 9 nitrogen and oxygen atoms in total. The molecule has 3 heterocycles. The zero-order valence-electron chi connectivity index (χ0n) is 17.1. The zero-order chi connectivity index (χ0) is 21.4. The molecule has 0 spiro atoms. The molecule has 160 valence electrons. The zero-order valence-corrected chi connectivity index (χ0v) is 17.9. The molecular weight excluding hydrogens is 414 g/mol. The average Bonchev–Trinajstić information content (AvgIpc) is 3.34. The maximum atomic E-state index is 11.2. The van der Waals surface area contributed by atoms with Gasteiger partial charge in [0.1, 0.15) is 18.4 Å². The number of hydrogen-bond donors (Lipinski definition) is 5. The minimum atomic E-state index is -0.0910.